The number of non-ortho nitro benzene ring substituents is 1. The van der Waals surface area contributed by atoms with Crippen molar-refractivity contribution < 1.29 is 28.8 Å². The first-order valence-corrected chi connectivity index (χ1v) is 8.18. The Morgan fingerprint density at radius 1 is 1.07 bits per heavy atom. The van der Waals surface area contributed by atoms with E-state index in [1.54, 1.807) is 0 Å². The van der Waals surface area contributed by atoms with Crippen LogP contribution in [0.25, 0.3) is 0 Å². The van der Waals surface area contributed by atoms with Crippen LogP contribution in [-0.2, 0) is 20.8 Å². The van der Waals surface area contributed by atoms with Gasteiger partial charge in [0.15, 0.2) is 6.61 Å². The third-order valence-electron chi connectivity index (χ3n) is 3.86. The van der Waals surface area contributed by atoms with Crippen LogP contribution in [0.1, 0.15) is 31.8 Å². The summed E-state index contributed by atoms with van der Waals surface area (Å²) in [4.78, 5) is 45.9. The number of rotatable bonds is 7. The molecule has 2 aromatic rings. The summed E-state index contributed by atoms with van der Waals surface area (Å²) >= 11 is 0. The van der Waals surface area contributed by atoms with Crippen LogP contribution in [0, 0.1) is 17.0 Å². The molecule has 0 saturated carbocycles. The van der Waals surface area contributed by atoms with Crippen LogP contribution in [0.5, 0.6) is 0 Å². The summed E-state index contributed by atoms with van der Waals surface area (Å²) in [5.41, 5.74) is 1.04. The summed E-state index contributed by atoms with van der Waals surface area (Å²) in [6.45, 7) is 1.61. The van der Waals surface area contributed by atoms with Gasteiger partial charge in [0.25, 0.3) is 11.6 Å². The van der Waals surface area contributed by atoms with Gasteiger partial charge in [-0.05, 0) is 24.1 Å². The van der Waals surface area contributed by atoms with Gasteiger partial charge in [0.2, 0.25) is 0 Å². The maximum absolute atomic E-state index is 12.1. The smallest absolute Gasteiger partial charge is 0.338 e. The molecule has 0 aliphatic carbocycles. The largest absolute Gasteiger partial charge is 0.465 e. The molecule has 0 bridgehead atoms. The fourth-order valence-electron chi connectivity index (χ4n) is 2.34. The summed E-state index contributed by atoms with van der Waals surface area (Å²) in [6, 6.07) is 10.5. The van der Waals surface area contributed by atoms with Crippen molar-refractivity contribution in [3.05, 3.63) is 74.8 Å². The number of nitro groups is 1. The minimum atomic E-state index is -0.972. The van der Waals surface area contributed by atoms with Gasteiger partial charge in [-0.15, -0.1) is 0 Å². The Morgan fingerprint density at radius 3 is 2.32 bits per heavy atom. The van der Waals surface area contributed by atoms with Crippen molar-refractivity contribution in [1.82, 2.24) is 5.32 Å². The molecular weight excluding hydrogens is 368 g/mol. The highest BCUT2D eigenvalue weighted by Gasteiger charge is 2.19. The fourth-order valence-corrected chi connectivity index (χ4v) is 2.34. The molecular formula is C19H18N2O7. The van der Waals surface area contributed by atoms with Gasteiger partial charge in [0, 0.05) is 18.7 Å². The number of hydrogen-bond donors (Lipinski definition) is 1. The van der Waals surface area contributed by atoms with E-state index in [1.165, 1.54) is 0 Å². The third kappa shape index (κ3) is 5.37. The van der Waals surface area contributed by atoms with Crippen LogP contribution >= 0.6 is 0 Å². The Bertz CT molecular complexity index is 924. The summed E-state index contributed by atoms with van der Waals surface area (Å²) < 4.78 is 9.40. The second-order valence-electron chi connectivity index (χ2n) is 5.80. The number of carbonyl (C=O) groups is 3. The molecule has 2 aromatic carbocycles. The standard InChI is InChI=1S/C19H18N2O7/c1-12-5-3-4-6-13(12)10-20-17(22)11-28-19(24)15-7-14(18(23)27-2)8-16(9-15)21(25)26/h3-9H,10-11H2,1-2H3,(H,20,22). The number of benzene rings is 2. The summed E-state index contributed by atoms with van der Waals surface area (Å²) in [5, 5.41) is 13.6. The maximum Gasteiger partial charge on any atom is 0.338 e. The van der Waals surface area contributed by atoms with Gasteiger partial charge in [0.1, 0.15) is 0 Å². The lowest BCUT2D eigenvalue weighted by molar-refractivity contribution is -0.384. The normalized spacial score (nSPS) is 10.1. The van der Waals surface area contributed by atoms with Crippen LogP contribution in [0.2, 0.25) is 0 Å². The Morgan fingerprint density at radius 2 is 1.71 bits per heavy atom. The van der Waals surface area contributed by atoms with Crippen molar-refractivity contribution in [2.75, 3.05) is 13.7 Å². The van der Waals surface area contributed by atoms with E-state index in [0.29, 0.717) is 0 Å². The van der Waals surface area contributed by atoms with Crippen LogP contribution in [0.3, 0.4) is 0 Å². The SMILES string of the molecule is COC(=O)c1cc(C(=O)OCC(=O)NCc2ccccc2C)cc([N+](=O)[O-])c1. The van der Waals surface area contributed by atoms with Crippen molar-refractivity contribution in [1.29, 1.82) is 0 Å². The van der Waals surface area contributed by atoms with Crippen molar-refractivity contribution in [2.24, 2.45) is 0 Å². The molecule has 146 valence electrons. The predicted molar refractivity (Wildman–Crippen MR) is 97.7 cm³/mol. The highest BCUT2D eigenvalue weighted by Crippen LogP contribution is 2.19. The molecule has 0 unspecified atom stereocenters. The first-order chi connectivity index (χ1) is 13.3. The van der Waals surface area contributed by atoms with Gasteiger partial charge in [0.05, 0.1) is 23.2 Å². The summed E-state index contributed by atoms with van der Waals surface area (Å²) in [5.74, 6) is -2.34. The molecule has 2 rings (SSSR count). The van der Waals surface area contributed by atoms with Gasteiger partial charge < -0.3 is 14.8 Å². The molecule has 0 aromatic heterocycles. The molecule has 0 spiro atoms. The topological polar surface area (TPSA) is 125 Å². The molecule has 1 amide bonds. The van der Waals surface area contributed by atoms with Gasteiger partial charge in [-0.25, -0.2) is 9.59 Å². The lowest BCUT2D eigenvalue weighted by Gasteiger charge is -2.09. The van der Waals surface area contributed by atoms with E-state index in [-0.39, 0.29) is 17.7 Å². The van der Waals surface area contributed by atoms with E-state index in [4.69, 9.17) is 4.74 Å². The van der Waals surface area contributed by atoms with Crippen molar-refractivity contribution in [2.45, 2.75) is 13.5 Å². The number of ether oxygens (including phenoxy) is 2. The lowest BCUT2D eigenvalue weighted by atomic mass is 10.1. The maximum atomic E-state index is 12.1. The Labute approximate surface area is 160 Å². The first-order valence-electron chi connectivity index (χ1n) is 8.18. The van der Waals surface area contributed by atoms with Crippen molar-refractivity contribution in [3.8, 4) is 0 Å². The van der Waals surface area contributed by atoms with E-state index in [2.05, 4.69) is 10.1 Å². The predicted octanol–water partition coefficient (Wildman–Crippen LogP) is 2.16. The number of amides is 1. The van der Waals surface area contributed by atoms with E-state index in [0.717, 1.165) is 36.4 Å². The monoisotopic (exact) mass is 386 g/mol. The second kappa shape index (κ2) is 9.26. The highest BCUT2D eigenvalue weighted by molar-refractivity contribution is 5.97. The molecule has 9 nitrogen and oxygen atoms in total. The molecule has 0 aliphatic rings. The first kappa shape index (κ1) is 20.6. The number of esters is 2. The number of aryl methyl sites for hydroxylation is 1. The fraction of sp³-hybridized carbons (Fsp3) is 0.211. The molecule has 0 aliphatic heterocycles. The van der Waals surface area contributed by atoms with E-state index < -0.39 is 35.1 Å². The third-order valence-corrected chi connectivity index (χ3v) is 3.86. The van der Waals surface area contributed by atoms with Crippen LogP contribution < -0.4 is 5.32 Å². The number of hydrogen-bond acceptors (Lipinski definition) is 7. The average molecular weight is 386 g/mol. The zero-order chi connectivity index (χ0) is 20.7. The van der Waals surface area contributed by atoms with Gasteiger partial charge in [-0.1, -0.05) is 24.3 Å². The minimum absolute atomic E-state index is 0.173. The van der Waals surface area contributed by atoms with Crippen molar-refractivity contribution >= 4 is 23.5 Å². The van der Waals surface area contributed by atoms with E-state index >= 15 is 0 Å². The second-order valence-corrected chi connectivity index (χ2v) is 5.80. The lowest BCUT2D eigenvalue weighted by Crippen LogP contribution is -2.28. The Hall–Kier alpha value is -3.75. The molecule has 0 fully saturated rings. The number of nitrogens with zero attached hydrogens (tertiary/aromatic N) is 1. The number of nitro benzene ring substituents is 1. The molecule has 0 heterocycles. The summed E-state index contributed by atoms with van der Waals surface area (Å²) in [7, 11) is 1.11. The van der Waals surface area contributed by atoms with Crippen LogP contribution in [0.4, 0.5) is 5.69 Å². The molecule has 1 N–H and O–H groups in total. The average Bonchev–Trinajstić information content (AvgIpc) is 2.70. The Balaban J connectivity index is 2.01. The number of carbonyl (C=O) groups excluding carboxylic acids is 3. The van der Waals surface area contributed by atoms with Gasteiger partial charge >= 0.3 is 11.9 Å². The molecule has 0 radical (unpaired) electrons. The van der Waals surface area contributed by atoms with Crippen LogP contribution in [0.15, 0.2) is 42.5 Å². The van der Waals surface area contributed by atoms with Crippen LogP contribution in [-0.4, -0.2) is 36.5 Å². The number of methoxy groups -OCH3 is 1. The molecule has 0 saturated heterocycles. The Kier molecular flexibility index (Phi) is 6.80. The molecule has 9 heteroatoms. The zero-order valence-corrected chi connectivity index (χ0v) is 15.3. The zero-order valence-electron chi connectivity index (χ0n) is 15.3. The quantitative estimate of drug-likeness (QED) is 0.439. The summed E-state index contributed by atoms with van der Waals surface area (Å²) in [6.07, 6.45) is 0. The minimum Gasteiger partial charge on any atom is -0.465 e. The molecule has 0 atom stereocenters. The van der Waals surface area contributed by atoms with Gasteiger partial charge in [-0.3, -0.25) is 14.9 Å². The van der Waals surface area contributed by atoms with E-state index in [1.807, 2.05) is 31.2 Å². The molecule has 28 heavy (non-hydrogen) atoms. The highest BCUT2D eigenvalue weighted by atomic mass is 16.6. The van der Waals surface area contributed by atoms with Crippen molar-refractivity contribution in [3.63, 3.8) is 0 Å². The van der Waals surface area contributed by atoms with Gasteiger partial charge in [-0.2, -0.15) is 0 Å². The number of nitrogens with one attached hydrogen (secondary N) is 1. The van der Waals surface area contributed by atoms with E-state index in [9.17, 15) is 24.5 Å².